The van der Waals surface area contributed by atoms with Gasteiger partial charge < -0.3 is 14.3 Å². The lowest BCUT2D eigenvalue weighted by molar-refractivity contribution is -0.140. The van der Waals surface area contributed by atoms with Gasteiger partial charge in [0, 0.05) is 38.8 Å². The molecule has 0 radical (unpaired) electrons. The SMILES string of the molecule is Cc1cc(-c2cnc(N(C)C)nc2C2CCCCN2C(=O)C2CCCCC2)on1. The summed E-state index contributed by atoms with van der Waals surface area (Å²) in [6.07, 6.45) is 10.5. The van der Waals surface area contributed by atoms with Crippen LogP contribution in [-0.4, -0.2) is 46.6 Å². The molecule has 1 amide bonds. The van der Waals surface area contributed by atoms with Gasteiger partial charge in [0.05, 0.1) is 23.0 Å². The van der Waals surface area contributed by atoms with E-state index in [9.17, 15) is 4.79 Å². The lowest BCUT2D eigenvalue weighted by atomic mass is 9.86. The largest absolute Gasteiger partial charge is 0.356 e. The van der Waals surface area contributed by atoms with Gasteiger partial charge in [-0.3, -0.25) is 4.79 Å². The van der Waals surface area contributed by atoms with E-state index in [0.29, 0.717) is 17.6 Å². The van der Waals surface area contributed by atoms with Crippen LogP contribution in [-0.2, 0) is 4.79 Å². The number of anilines is 1. The smallest absolute Gasteiger partial charge is 0.226 e. The molecule has 3 heterocycles. The molecule has 1 atom stereocenters. The lowest BCUT2D eigenvalue weighted by Gasteiger charge is -2.39. The van der Waals surface area contributed by atoms with Crippen LogP contribution in [0.4, 0.5) is 5.95 Å². The van der Waals surface area contributed by atoms with Gasteiger partial charge in [0.1, 0.15) is 0 Å². The number of hydrogen-bond donors (Lipinski definition) is 0. The number of aryl methyl sites for hydroxylation is 1. The summed E-state index contributed by atoms with van der Waals surface area (Å²) < 4.78 is 5.55. The number of rotatable bonds is 4. The molecule has 0 aromatic carbocycles. The van der Waals surface area contributed by atoms with E-state index in [-0.39, 0.29) is 12.0 Å². The summed E-state index contributed by atoms with van der Waals surface area (Å²) in [5, 5.41) is 4.04. The van der Waals surface area contributed by atoms with Crippen molar-refractivity contribution in [2.75, 3.05) is 25.5 Å². The molecule has 1 unspecified atom stereocenters. The Morgan fingerprint density at radius 2 is 1.90 bits per heavy atom. The van der Waals surface area contributed by atoms with Crippen molar-refractivity contribution in [3.63, 3.8) is 0 Å². The number of likely N-dealkylation sites (tertiary alicyclic amines) is 1. The summed E-state index contributed by atoms with van der Waals surface area (Å²) in [6.45, 7) is 2.71. The fourth-order valence-corrected chi connectivity index (χ4v) is 4.60. The van der Waals surface area contributed by atoms with Gasteiger partial charge in [-0.25, -0.2) is 9.97 Å². The highest BCUT2D eigenvalue weighted by Gasteiger charge is 2.35. The van der Waals surface area contributed by atoms with Crippen LogP contribution in [0.25, 0.3) is 11.3 Å². The fourth-order valence-electron chi connectivity index (χ4n) is 4.60. The molecule has 156 valence electrons. The van der Waals surface area contributed by atoms with Crippen molar-refractivity contribution in [1.82, 2.24) is 20.0 Å². The van der Waals surface area contributed by atoms with E-state index in [2.05, 4.69) is 15.0 Å². The first-order valence-corrected chi connectivity index (χ1v) is 10.8. The average molecular weight is 398 g/mol. The molecule has 0 spiro atoms. The van der Waals surface area contributed by atoms with Gasteiger partial charge >= 0.3 is 0 Å². The van der Waals surface area contributed by atoms with E-state index < -0.39 is 0 Å². The molecule has 4 rings (SSSR count). The predicted octanol–water partition coefficient (Wildman–Crippen LogP) is 4.14. The van der Waals surface area contributed by atoms with Crippen LogP contribution in [0.15, 0.2) is 16.8 Å². The third-order valence-electron chi connectivity index (χ3n) is 6.15. The number of piperidine rings is 1. The first-order valence-electron chi connectivity index (χ1n) is 10.8. The van der Waals surface area contributed by atoms with Crippen molar-refractivity contribution >= 4 is 11.9 Å². The van der Waals surface area contributed by atoms with E-state index in [4.69, 9.17) is 9.51 Å². The molecule has 2 aromatic heterocycles. The second-order valence-electron chi connectivity index (χ2n) is 8.57. The highest BCUT2D eigenvalue weighted by atomic mass is 16.5. The van der Waals surface area contributed by atoms with Crippen molar-refractivity contribution in [3.8, 4) is 11.3 Å². The molecule has 2 aromatic rings. The Kier molecular flexibility index (Phi) is 5.83. The monoisotopic (exact) mass is 397 g/mol. The average Bonchev–Trinajstić information content (AvgIpc) is 3.19. The Bertz CT molecular complexity index is 857. The van der Waals surface area contributed by atoms with Crippen LogP contribution in [0.2, 0.25) is 0 Å². The first kappa shape index (κ1) is 19.9. The number of nitrogens with zero attached hydrogens (tertiary/aromatic N) is 5. The minimum atomic E-state index is -0.0414. The molecule has 1 aliphatic heterocycles. The van der Waals surface area contributed by atoms with Gasteiger partial charge in [-0.2, -0.15) is 0 Å². The number of amides is 1. The number of carbonyl (C=O) groups excluding carboxylic acids is 1. The Balaban J connectivity index is 1.73. The molecular weight excluding hydrogens is 366 g/mol. The van der Waals surface area contributed by atoms with E-state index in [1.165, 1.54) is 6.42 Å². The van der Waals surface area contributed by atoms with Gasteiger partial charge in [-0.05, 0) is 39.0 Å². The molecule has 7 heteroatoms. The molecule has 2 aliphatic rings. The molecule has 0 N–H and O–H groups in total. The maximum atomic E-state index is 13.4. The van der Waals surface area contributed by atoms with Crippen LogP contribution in [0.3, 0.4) is 0 Å². The van der Waals surface area contributed by atoms with Gasteiger partial charge in [0.25, 0.3) is 0 Å². The topological polar surface area (TPSA) is 75.4 Å². The fraction of sp³-hybridized carbons (Fsp3) is 0.636. The van der Waals surface area contributed by atoms with E-state index in [0.717, 1.165) is 68.4 Å². The zero-order valence-corrected chi connectivity index (χ0v) is 17.7. The highest BCUT2D eigenvalue weighted by molar-refractivity contribution is 5.80. The Morgan fingerprint density at radius 1 is 1.14 bits per heavy atom. The van der Waals surface area contributed by atoms with Crippen molar-refractivity contribution < 1.29 is 9.32 Å². The minimum Gasteiger partial charge on any atom is -0.356 e. The molecule has 0 bridgehead atoms. The summed E-state index contributed by atoms with van der Waals surface area (Å²) in [4.78, 5) is 26.8. The standard InChI is InChI=1S/C22H31N5O2/c1-15-13-19(29-25-15)17-14-23-22(26(2)3)24-20(17)18-11-7-8-12-27(18)21(28)16-9-5-4-6-10-16/h13-14,16,18H,4-12H2,1-3H3. The van der Waals surface area contributed by atoms with Gasteiger partial charge in [-0.1, -0.05) is 24.4 Å². The Labute approximate surface area is 172 Å². The van der Waals surface area contributed by atoms with Gasteiger partial charge in [-0.15, -0.1) is 0 Å². The zero-order chi connectivity index (χ0) is 20.4. The van der Waals surface area contributed by atoms with E-state index in [1.54, 1.807) is 0 Å². The summed E-state index contributed by atoms with van der Waals surface area (Å²) >= 11 is 0. The lowest BCUT2D eigenvalue weighted by Crippen LogP contribution is -2.43. The number of hydrogen-bond acceptors (Lipinski definition) is 6. The van der Waals surface area contributed by atoms with Crippen molar-refractivity contribution in [3.05, 3.63) is 23.7 Å². The van der Waals surface area contributed by atoms with Crippen LogP contribution >= 0.6 is 0 Å². The Morgan fingerprint density at radius 3 is 2.59 bits per heavy atom. The third-order valence-corrected chi connectivity index (χ3v) is 6.15. The van der Waals surface area contributed by atoms with Gasteiger partial charge in [0.2, 0.25) is 11.9 Å². The molecule has 7 nitrogen and oxygen atoms in total. The quantitative estimate of drug-likeness (QED) is 0.772. The normalized spacial score (nSPS) is 20.7. The van der Waals surface area contributed by atoms with Crippen molar-refractivity contribution in [1.29, 1.82) is 0 Å². The molecule has 1 aliphatic carbocycles. The summed E-state index contributed by atoms with van der Waals surface area (Å²) in [5.74, 6) is 1.78. The third kappa shape index (κ3) is 4.14. The molecule has 1 saturated carbocycles. The summed E-state index contributed by atoms with van der Waals surface area (Å²) in [6, 6.07) is 1.87. The van der Waals surface area contributed by atoms with Gasteiger partial charge in [0.15, 0.2) is 5.76 Å². The molecular formula is C22H31N5O2. The van der Waals surface area contributed by atoms with Crippen LogP contribution in [0, 0.1) is 12.8 Å². The number of aromatic nitrogens is 3. The van der Waals surface area contributed by atoms with E-state index in [1.807, 2.05) is 38.2 Å². The highest BCUT2D eigenvalue weighted by Crippen LogP contribution is 2.38. The maximum Gasteiger partial charge on any atom is 0.226 e. The second-order valence-corrected chi connectivity index (χ2v) is 8.57. The van der Waals surface area contributed by atoms with Crippen molar-refractivity contribution in [2.45, 2.75) is 64.3 Å². The van der Waals surface area contributed by atoms with Crippen LogP contribution < -0.4 is 4.90 Å². The van der Waals surface area contributed by atoms with E-state index >= 15 is 0 Å². The maximum absolute atomic E-state index is 13.4. The summed E-state index contributed by atoms with van der Waals surface area (Å²) in [7, 11) is 3.87. The second kappa shape index (κ2) is 8.51. The molecule has 29 heavy (non-hydrogen) atoms. The number of carbonyl (C=O) groups is 1. The predicted molar refractivity (Wildman–Crippen MR) is 111 cm³/mol. The van der Waals surface area contributed by atoms with Crippen LogP contribution in [0.5, 0.6) is 0 Å². The molecule has 1 saturated heterocycles. The van der Waals surface area contributed by atoms with Crippen LogP contribution in [0.1, 0.15) is 68.8 Å². The van der Waals surface area contributed by atoms with Crippen molar-refractivity contribution in [2.24, 2.45) is 5.92 Å². The first-order chi connectivity index (χ1) is 14.0. The Hall–Kier alpha value is -2.44. The zero-order valence-electron chi connectivity index (χ0n) is 17.7. The minimum absolute atomic E-state index is 0.0414. The summed E-state index contributed by atoms with van der Waals surface area (Å²) in [5.41, 5.74) is 2.54. The molecule has 2 fully saturated rings.